The first-order valence-electron chi connectivity index (χ1n) is 5.70. The number of benzene rings is 1. The number of anilines is 2. The number of urea groups is 1. The van der Waals surface area contributed by atoms with E-state index in [2.05, 4.69) is 5.32 Å². The Morgan fingerprint density at radius 3 is 2.76 bits per heavy atom. The minimum absolute atomic E-state index is 0.0913. The monoisotopic (exact) mass is 235 g/mol. The zero-order valence-electron chi connectivity index (χ0n) is 9.90. The topological polar surface area (TPSA) is 67.6 Å². The summed E-state index contributed by atoms with van der Waals surface area (Å²) in [7, 11) is 1.57. The fraction of sp³-hybridized carbons (Fsp3) is 0.417. The van der Waals surface area contributed by atoms with E-state index in [9.17, 15) is 4.79 Å². The van der Waals surface area contributed by atoms with E-state index in [0.717, 1.165) is 25.9 Å². The van der Waals surface area contributed by atoms with Gasteiger partial charge in [0.15, 0.2) is 0 Å². The van der Waals surface area contributed by atoms with Crippen LogP contribution in [0.15, 0.2) is 18.2 Å². The summed E-state index contributed by atoms with van der Waals surface area (Å²) in [6.07, 6.45) is 2.14. The number of carbonyl (C=O) groups is 1. The average molecular weight is 235 g/mol. The van der Waals surface area contributed by atoms with E-state index in [1.807, 2.05) is 0 Å². The molecule has 0 saturated carbocycles. The molecule has 0 unspecified atom stereocenters. The lowest BCUT2D eigenvalue weighted by atomic mass is 10.2. The lowest BCUT2D eigenvalue weighted by Gasteiger charge is -2.17. The Morgan fingerprint density at radius 1 is 1.41 bits per heavy atom. The van der Waals surface area contributed by atoms with Crippen LogP contribution < -0.4 is 15.8 Å². The number of amides is 2. The Hall–Kier alpha value is -1.91. The zero-order valence-corrected chi connectivity index (χ0v) is 9.90. The van der Waals surface area contributed by atoms with Gasteiger partial charge in [-0.15, -0.1) is 0 Å². The number of ether oxygens (including phenoxy) is 1. The second-order valence-corrected chi connectivity index (χ2v) is 4.08. The quantitative estimate of drug-likeness (QED) is 0.769. The first kappa shape index (κ1) is 11.6. The third-order valence-corrected chi connectivity index (χ3v) is 2.86. The molecular weight excluding hydrogens is 218 g/mol. The van der Waals surface area contributed by atoms with Gasteiger partial charge < -0.3 is 20.7 Å². The van der Waals surface area contributed by atoms with Crippen molar-refractivity contribution in [3.63, 3.8) is 0 Å². The maximum atomic E-state index is 11.9. The lowest BCUT2D eigenvalue weighted by molar-refractivity contribution is 0.222. The van der Waals surface area contributed by atoms with Crippen molar-refractivity contribution < 1.29 is 9.53 Å². The number of nitrogens with one attached hydrogen (secondary N) is 1. The van der Waals surface area contributed by atoms with Crippen LogP contribution in [0.4, 0.5) is 16.2 Å². The molecule has 2 amide bonds. The van der Waals surface area contributed by atoms with Crippen molar-refractivity contribution in [1.29, 1.82) is 0 Å². The Kier molecular flexibility index (Phi) is 3.37. The molecule has 17 heavy (non-hydrogen) atoms. The number of nitrogen functional groups attached to an aromatic ring is 1. The maximum Gasteiger partial charge on any atom is 0.321 e. The van der Waals surface area contributed by atoms with Crippen LogP contribution in [0.5, 0.6) is 5.75 Å². The SMILES string of the molecule is COc1ccc(N)cc1NC(=O)N1CCCC1. The molecule has 0 radical (unpaired) electrons. The standard InChI is InChI=1S/C12H17N3O2/c1-17-11-5-4-9(13)8-10(11)14-12(16)15-6-2-3-7-15/h4-5,8H,2-3,6-7,13H2,1H3,(H,14,16). The van der Waals surface area contributed by atoms with Gasteiger partial charge in [-0.2, -0.15) is 0 Å². The van der Waals surface area contributed by atoms with Crippen molar-refractivity contribution in [2.24, 2.45) is 0 Å². The number of nitrogens with two attached hydrogens (primary N) is 1. The summed E-state index contributed by atoms with van der Waals surface area (Å²) >= 11 is 0. The van der Waals surface area contributed by atoms with Crippen LogP contribution in [-0.2, 0) is 0 Å². The minimum Gasteiger partial charge on any atom is -0.495 e. The molecule has 1 aromatic carbocycles. The molecule has 1 aliphatic heterocycles. The molecule has 3 N–H and O–H groups in total. The second-order valence-electron chi connectivity index (χ2n) is 4.08. The number of methoxy groups -OCH3 is 1. The molecule has 0 bridgehead atoms. The highest BCUT2D eigenvalue weighted by molar-refractivity contribution is 5.91. The smallest absolute Gasteiger partial charge is 0.321 e. The Labute approximate surface area is 101 Å². The molecule has 5 nitrogen and oxygen atoms in total. The molecule has 0 aromatic heterocycles. The number of carbonyl (C=O) groups excluding carboxylic acids is 1. The third kappa shape index (κ3) is 2.61. The van der Waals surface area contributed by atoms with Gasteiger partial charge in [0.25, 0.3) is 0 Å². The predicted octanol–water partition coefficient (Wildman–Crippen LogP) is 1.91. The highest BCUT2D eigenvalue weighted by Crippen LogP contribution is 2.27. The second kappa shape index (κ2) is 4.95. The van der Waals surface area contributed by atoms with Crippen molar-refractivity contribution in [2.75, 3.05) is 31.2 Å². The first-order valence-corrected chi connectivity index (χ1v) is 5.70. The van der Waals surface area contributed by atoms with E-state index in [1.54, 1.807) is 30.2 Å². The van der Waals surface area contributed by atoms with Gasteiger partial charge in [-0.05, 0) is 31.0 Å². The number of likely N-dealkylation sites (tertiary alicyclic amines) is 1. The van der Waals surface area contributed by atoms with Crippen LogP contribution in [0.1, 0.15) is 12.8 Å². The largest absolute Gasteiger partial charge is 0.495 e. The highest BCUT2D eigenvalue weighted by atomic mass is 16.5. The summed E-state index contributed by atoms with van der Waals surface area (Å²) in [5, 5.41) is 2.83. The van der Waals surface area contributed by atoms with Crippen molar-refractivity contribution >= 4 is 17.4 Å². The summed E-state index contributed by atoms with van der Waals surface area (Å²) < 4.78 is 5.18. The summed E-state index contributed by atoms with van der Waals surface area (Å²) in [6, 6.07) is 5.10. The van der Waals surface area contributed by atoms with Gasteiger partial charge in [-0.25, -0.2) is 4.79 Å². The fourth-order valence-electron chi connectivity index (χ4n) is 1.94. The molecule has 0 atom stereocenters. The maximum absolute atomic E-state index is 11.9. The zero-order chi connectivity index (χ0) is 12.3. The van der Waals surface area contributed by atoms with Gasteiger partial charge in [0.1, 0.15) is 5.75 Å². The van der Waals surface area contributed by atoms with E-state index in [1.165, 1.54) is 0 Å². The van der Waals surface area contributed by atoms with Gasteiger partial charge in [0.05, 0.1) is 12.8 Å². The van der Waals surface area contributed by atoms with Crippen LogP contribution >= 0.6 is 0 Å². The number of hydrogen-bond donors (Lipinski definition) is 2. The van der Waals surface area contributed by atoms with Crippen LogP contribution in [0.2, 0.25) is 0 Å². The van der Waals surface area contributed by atoms with Gasteiger partial charge in [0.2, 0.25) is 0 Å². The fourth-order valence-corrected chi connectivity index (χ4v) is 1.94. The van der Waals surface area contributed by atoms with Crippen LogP contribution in [0.3, 0.4) is 0 Å². The highest BCUT2D eigenvalue weighted by Gasteiger charge is 2.18. The van der Waals surface area contributed by atoms with Crippen LogP contribution in [-0.4, -0.2) is 31.1 Å². The molecule has 1 fully saturated rings. The average Bonchev–Trinajstić information content (AvgIpc) is 2.83. The molecule has 1 saturated heterocycles. The van der Waals surface area contributed by atoms with E-state index < -0.39 is 0 Å². The van der Waals surface area contributed by atoms with Gasteiger partial charge in [-0.1, -0.05) is 0 Å². The number of hydrogen-bond acceptors (Lipinski definition) is 3. The molecule has 5 heteroatoms. The molecule has 0 aliphatic carbocycles. The van der Waals surface area contributed by atoms with Crippen molar-refractivity contribution in [3.05, 3.63) is 18.2 Å². The molecule has 1 aromatic rings. The summed E-state index contributed by atoms with van der Waals surface area (Å²) in [5.74, 6) is 0.617. The third-order valence-electron chi connectivity index (χ3n) is 2.86. The Balaban J connectivity index is 2.11. The van der Waals surface area contributed by atoms with Crippen molar-refractivity contribution in [3.8, 4) is 5.75 Å². The molecule has 1 heterocycles. The molecule has 1 aliphatic rings. The number of rotatable bonds is 2. The Bertz CT molecular complexity index is 414. The predicted molar refractivity (Wildman–Crippen MR) is 67.2 cm³/mol. The van der Waals surface area contributed by atoms with Gasteiger partial charge >= 0.3 is 6.03 Å². The van der Waals surface area contributed by atoms with Crippen LogP contribution in [0.25, 0.3) is 0 Å². The summed E-state index contributed by atoms with van der Waals surface area (Å²) in [5.41, 5.74) is 6.91. The first-order chi connectivity index (χ1) is 8.20. The summed E-state index contributed by atoms with van der Waals surface area (Å²) in [4.78, 5) is 13.7. The van der Waals surface area contributed by atoms with E-state index >= 15 is 0 Å². The minimum atomic E-state index is -0.0913. The van der Waals surface area contributed by atoms with E-state index in [4.69, 9.17) is 10.5 Å². The number of nitrogens with zero attached hydrogens (tertiary/aromatic N) is 1. The molecule has 92 valence electrons. The van der Waals surface area contributed by atoms with Gasteiger partial charge in [0, 0.05) is 18.8 Å². The van der Waals surface area contributed by atoms with Crippen molar-refractivity contribution in [2.45, 2.75) is 12.8 Å². The molecular formula is C12H17N3O2. The normalized spacial score (nSPS) is 14.8. The lowest BCUT2D eigenvalue weighted by Crippen LogP contribution is -2.32. The van der Waals surface area contributed by atoms with E-state index in [0.29, 0.717) is 17.1 Å². The van der Waals surface area contributed by atoms with Gasteiger partial charge in [-0.3, -0.25) is 0 Å². The van der Waals surface area contributed by atoms with Crippen LogP contribution in [0, 0.1) is 0 Å². The molecule has 2 rings (SSSR count). The van der Waals surface area contributed by atoms with Crippen molar-refractivity contribution in [1.82, 2.24) is 4.90 Å². The Morgan fingerprint density at radius 2 is 2.12 bits per heavy atom. The molecule has 0 spiro atoms. The van der Waals surface area contributed by atoms with E-state index in [-0.39, 0.29) is 6.03 Å². The summed E-state index contributed by atoms with van der Waals surface area (Å²) in [6.45, 7) is 1.63.